The fourth-order valence-electron chi connectivity index (χ4n) is 0.931. The average Bonchev–Trinajstić information content (AvgIpc) is 2.18. The molecule has 0 aliphatic heterocycles. The summed E-state index contributed by atoms with van der Waals surface area (Å²) in [4.78, 5) is 0. The number of benzene rings is 1. The van der Waals surface area contributed by atoms with E-state index < -0.39 is 5.82 Å². The van der Waals surface area contributed by atoms with E-state index in [0.29, 0.717) is 18.8 Å². The van der Waals surface area contributed by atoms with E-state index in [1.165, 1.54) is 12.1 Å². The van der Waals surface area contributed by atoms with Crippen molar-refractivity contribution < 1.29 is 9.13 Å². The van der Waals surface area contributed by atoms with Crippen molar-refractivity contribution in [2.75, 3.05) is 6.61 Å². The van der Waals surface area contributed by atoms with Crippen molar-refractivity contribution in [2.24, 2.45) is 0 Å². The average molecular weight is 213 g/mol. The van der Waals surface area contributed by atoms with Gasteiger partial charge < -0.3 is 4.74 Å². The lowest BCUT2D eigenvalue weighted by atomic mass is 10.3. The highest BCUT2D eigenvalue weighted by Gasteiger charge is 2.00. The van der Waals surface area contributed by atoms with Crippen LogP contribution in [0.2, 0.25) is 5.02 Å². The highest BCUT2D eigenvalue weighted by Crippen LogP contribution is 2.20. The third-order valence-electron chi connectivity index (χ3n) is 1.63. The molecule has 74 valence electrons. The summed E-state index contributed by atoms with van der Waals surface area (Å²) in [5, 5.41) is 0.0981. The van der Waals surface area contributed by atoms with Gasteiger partial charge in [-0.3, -0.25) is 0 Å². The van der Waals surface area contributed by atoms with Crippen LogP contribution in [0, 0.1) is 18.2 Å². The van der Waals surface area contributed by atoms with E-state index in [1.54, 1.807) is 6.07 Å². The number of hydrogen-bond donors (Lipinski definition) is 0. The molecule has 3 heteroatoms. The van der Waals surface area contributed by atoms with Crippen LogP contribution in [-0.2, 0) is 0 Å². The van der Waals surface area contributed by atoms with Crippen LogP contribution in [0.3, 0.4) is 0 Å². The summed E-state index contributed by atoms with van der Waals surface area (Å²) in [6, 6.07) is 4.35. The van der Waals surface area contributed by atoms with Gasteiger partial charge in [-0.2, -0.15) is 0 Å². The number of ether oxygens (including phenoxy) is 1. The summed E-state index contributed by atoms with van der Waals surface area (Å²) in [5.41, 5.74) is 0. The Kier molecular flexibility index (Phi) is 4.28. The van der Waals surface area contributed by atoms with Crippen LogP contribution in [0.15, 0.2) is 18.2 Å². The predicted octanol–water partition coefficient (Wildman–Crippen LogP) is 3.27. The van der Waals surface area contributed by atoms with E-state index in [4.69, 9.17) is 22.8 Å². The van der Waals surface area contributed by atoms with Crippen molar-refractivity contribution in [1.29, 1.82) is 0 Å². The Morgan fingerprint density at radius 3 is 2.93 bits per heavy atom. The second-order valence-corrected chi connectivity index (χ2v) is 3.14. The van der Waals surface area contributed by atoms with Gasteiger partial charge in [0.25, 0.3) is 0 Å². The number of unbranched alkanes of at least 4 members (excludes halogenated alkanes) is 1. The molecule has 0 aliphatic carbocycles. The van der Waals surface area contributed by atoms with Crippen molar-refractivity contribution in [3.05, 3.63) is 29.0 Å². The molecule has 1 nitrogen and oxygen atoms in total. The van der Waals surface area contributed by atoms with Gasteiger partial charge in [0.2, 0.25) is 0 Å². The van der Waals surface area contributed by atoms with Gasteiger partial charge in [-0.25, -0.2) is 4.39 Å². The molecule has 0 saturated heterocycles. The highest BCUT2D eigenvalue weighted by atomic mass is 35.5. The lowest BCUT2D eigenvalue weighted by molar-refractivity contribution is 0.311. The summed E-state index contributed by atoms with van der Waals surface area (Å²) in [6.07, 6.45) is 6.50. The highest BCUT2D eigenvalue weighted by molar-refractivity contribution is 6.30. The van der Waals surface area contributed by atoms with Crippen LogP contribution in [0.1, 0.15) is 12.8 Å². The molecular weight excluding hydrogens is 203 g/mol. The Morgan fingerprint density at radius 2 is 2.29 bits per heavy atom. The summed E-state index contributed by atoms with van der Waals surface area (Å²) in [7, 11) is 0. The first-order valence-electron chi connectivity index (χ1n) is 4.25. The van der Waals surface area contributed by atoms with Crippen LogP contribution < -0.4 is 4.74 Å². The van der Waals surface area contributed by atoms with Gasteiger partial charge in [-0.1, -0.05) is 11.6 Å². The lowest BCUT2D eigenvalue weighted by Crippen LogP contribution is -1.96. The van der Waals surface area contributed by atoms with Crippen LogP contribution in [0.25, 0.3) is 0 Å². The molecule has 0 radical (unpaired) electrons. The first kappa shape index (κ1) is 10.9. The maximum atomic E-state index is 12.9. The molecule has 0 heterocycles. The standard InChI is InChI=1S/C11H10ClFO/c1-2-3-4-7-14-9-5-6-10(12)11(13)8-9/h1,5-6,8H,3-4,7H2. The van der Waals surface area contributed by atoms with Gasteiger partial charge in [0.15, 0.2) is 0 Å². The Balaban J connectivity index is 2.44. The summed E-state index contributed by atoms with van der Waals surface area (Å²) < 4.78 is 18.2. The molecule has 0 N–H and O–H groups in total. The molecule has 14 heavy (non-hydrogen) atoms. The molecule has 0 saturated carbocycles. The second kappa shape index (κ2) is 5.51. The number of terminal acetylenes is 1. The molecule has 1 rings (SSSR count). The second-order valence-electron chi connectivity index (χ2n) is 2.73. The molecule has 1 aromatic carbocycles. The van der Waals surface area contributed by atoms with Crippen LogP contribution >= 0.6 is 11.6 Å². The molecular formula is C11H10ClFO. The number of rotatable bonds is 4. The molecule has 0 amide bonds. The van der Waals surface area contributed by atoms with Gasteiger partial charge in [-0.05, 0) is 18.6 Å². The summed E-state index contributed by atoms with van der Waals surface area (Å²) >= 11 is 5.51. The Bertz CT molecular complexity index is 344. The van der Waals surface area contributed by atoms with Crippen LogP contribution in [-0.4, -0.2) is 6.61 Å². The van der Waals surface area contributed by atoms with Crippen molar-refractivity contribution in [3.8, 4) is 18.1 Å². The van der Waals surface area contributed by atoms with Crippen molar-refractivity contribution in [2.45, 2.75) is 12.8 Å². The molecule has 0 fully saturated rings. The minimum Gasteiger partial charge on any atom is -0.493 e. The lowest BCUT2D eigenvalue weighted by Gasteiger charge is -2.04. The number of hydrogen-bond acceptors (Lipinski definition) is 1. The third kappa shape index (κ3) is 3.27. The van der Waals surface area contributed by atoms with Crippen molar-refractivity contribution in [3.63, 3.8) is 0 Å². The molecule has 0 unspecified atom stereocenters. The van der Waals surface area contributed by atoms with Crippen molar-refractivity contribution >= 4 is 11.6 Å². The van der Waals surface area contributed by atoms with E-state index in [1.807, 2.05) is 0 Å². The largest absolute Gasteiger partial charge is 0.493 e. The fourth-order valence-corrected chi connectivity index (χ4v) is 1.05. The normalized spacial score (nSPS) is 9.50. The molecule has 0 atom stereocenters. The number of halogens is 2. The van der Waals surface area contributed by atoms with Gasteiger partial charge in [0, 0.05) is 12.5 Å². The monoisotopic (exact) mass is 212 g/mol. The predicted molar refractivity (Wildman–Crippen MR) is 55.0 cm³/mol. The Morgan fingerprint density at radius 1 is 1.50 bits per heavy atom. The summed E-state index contributed by atoms with van der Waals surface area (Å²) in [6.45, 7) is 0.491. The van der Waals surface area contributed by atoms with Gasteiger partial charge in [-0.15, -0.1) is 12.3 Å². The molecule has 0 spiro atoms. The smallest absolute Gasteiger partial charge is 0.145 e. The van der Waals surface area contributed by atoms with Crippen LogP contribution in [0.4, 0.5) is 4.39 Å². The molecule has 0 aliphatic rings. The minimum absolute atomic E-state index is 0.0981. The first-order valence-corrected chi connectivity index (χ1v) is 4.63. The topological polar surface area (TPSA) is 9.23 Å². The molecule has 0 bridgehead atoms. The Labute approximate surface area is 87.8 Å². The van der Waals surface area contributed by atoms with Gasteiger partial charge in [0.05, 0.1) is 11.6 Å². The van der Waals surface area contributed by atoms with Crippen LogP contribution in [0.5, 0.6) is 5.75 Å². The fraction of sp³-hybridized carbons (Fsp3) is 0.273. The van der Waals surface area contributed by atoms with Crippen molar-refractivity contribution in [1.82, 2.24) is 0 Å². The van der Waals surface area contributed by atoms with E-state index in [0.717, 1.165) is 6.42 Å². The third-order valence-corrected chi connectivity index (χ3v) is 1.93. The van der Waals surface area contributed by atoms with E-state index in [2.05, 4.69) is 5.92 Å². The summed E-state index contributed by atoms with van der Waals surface area (Å²) in [5.74, 6) is 2.50. The maximum Gasteiger partial charge on any atom is 0.145 e. The zero-order valence-electron chi connectivity index (χ0n) is 7.59. The quantitative estimate of drug-likeness (QED) is 0.550. The zero-order valence-corrected chi connectivity index (χ0v) is 8.35. The minimum atomic E-state index is -0.471. The first-order chi connectivity index (χ1) is 6.74. The van der Waals surface area contributed by atoms with Gasteiger partial charge >= 0.3 is 0 Å². The zero-order chi connectivity index (χ0) is 10.4. The van der Waals surface area contributed by atoms with E-state index in [9.17, 15) is 4.39 Å². The molecule has 1 aromatic rings. The maximum absolute atomic E-state index is 12.9. The molecule has 0 aromatic heterocycles. The van der Waals surface area contributed by atoms with E-state index >= 15 is 0 Å². The Hall–Kier alpha value is -1.20. The van der Waals surface area contributed by atoms with Gasteiger partial charge in [0.1, 0.15) is 11.6 Å². The van der Waals surface area contributed by atoms with E-state index in [-0.39, 0.29) is 5.02 Å². The SMILES string of the molecule is C#CCCCOc1ccc(Cl)c(F)c1.